The number of esters is 1. The van der Waals surface area contributed by atoms with Gasteiger partial charge in [-0.25, -0.2) is 9.78 Å². The first kappa shape index (κ1) is 20.3. The molecule has 7 nitrogen and oxygen atoms in total. The number of carbonyl (C=O) groups excluding carboxylic acids is 2. The largest absolute Gasteiger partial charge is 0.462 e. The lowest BCUT2D eigenvalue weighted by Crippen LogP contribution is -2.29. The van der Waals surface area contributed by atoms with Crippen molar-refractivity contribution in [3.8, 4) is 0 Å². The van der Waals surface area contributed by atoms with E-state index in [9.17, 15) is 14.4 Å². The number of rotatable bonds is 6. The van der Waals surface area contributed by atoms with Crippen molar-refractivity contribution in [2.45, 2.75) is 33.9 Å². The van der Waals surface area contributed by atoms with Crippen molar-refractivity contribution in [1.29, 1.82) is 0 Å². The van der Waals surface area contributed by atoms with E-state index in [2.05, 4.69) is 10.3 Å². The van der Waals surface area contributed by atoms with Gasteiger partial charge in [-0.2, -0.15) is 0 Å². The molecule has 0 aliphatic carbocycles. The highest BCUT2D eigenvalue weighted by molar-refractivity contribution is 5.93. The van der Waals surface area contributed by atoms with E-state index in [0.717, 1.165) is 11.1 Å². The summed E-state index contributed by atoms with van der Waals surface area (Å²) in [5.41, 5.74) is 2.62. The smallest absolute Gasteiger partial charge is 0.343 e. The van der Waals surface area contributed by atoms with Crippen LogP contribution in [0.15, 0.2) is 47.4 Å². The van der Waals surface area contributed by atoms with Crippen molar-refractivity contribution in [3.63, 3.8) is 0 Å². The molecule has 0 aliphatic heterocycles. The molecule has 0 radical (unpaired) electrons. The third kappa shape index (κ3) is 4.68. The average molecular weight is 393 g/mol. The van der Waals surface area contributed by atoms with Crippen molar-refractivity contribution in [3.05, 3.63) is 75.2 Å². The van der Waals surface area contributed by atoms with Gasteiger partial charge >= 0.3 is 5.97 Å². The molecule has 2 heterocycles. The van der Waals surface area contributed by atoms with Gasteiger partial charge < -0.3 is 14.6 Å². The first-order chi connectivity index (χ1) is 13.9. The zero-order valence-electron chi connectivity index (χ0n) is 16.7. The van der Waals surface area contributed by atoms with Crippen molar-refractivity contribution in [2.75, 3.05) is 6.61 Å². The van der Waals surface area contributed by atoms with Crippen molar-refractivity contribution >= 4 is 22.9 Å². The van der Waals surface area contributed by atoms with Crippen LogP contribution in [0.3, 0.4) is 0 Å². The molecule has 3 rings (SSSR count). The Bertz CT molecular complexity index is 1120. The highest BCUT2D eigenvalue weighted by Crippen LogP contribution is 2.12. The van der Waals surface area contributed by atoms with Gasteiger partial charge in [-0.05, 0) is 38.5 Å². The molecule has 1 amide bonds. The van der Waals surface area contributed by atoms with Crippen LogP contribution in [0.5, 0.6) is 0 Å². The quantitative estimate of drug-likeness (QED) is 0.650. The van der Waals surface area contributed by atoms with E-state index in [1.54, 1.807) is 26.0 Å². The van der Waals surface area contributed by atoms with Crippen LogP contribution in [0.25, 0.3) is 11.0 Å². The number of hydrogen-bond donors (Lipinski definition) is 1. The number of aromatic nitrogens is 2. The molecule has 1 N–H and O–H groups in total. The summed E-state index contributed by atoms with van der Waals surface area (Å²) in [6.07, 6.45) is 1.35. The molecule has 1 aromatic carbocycles. The van der Waals surface area contributed by atoms with E-state index in [1.807, 2.05) is 31.2 Å². The normalized spacial score (nSPS) is 10.7. The number of amides is 1. The van der Waals surface area contributed by atoms with Gasteiger partial charge in [0.15, 0.2) is 0 Å². The number of fused-ring (bicyclic) bond motifs is 1. The summed E-state index contributed by atoms with van der Waals surface area (Å²) < 4.78 is 6.50. The molecule has 29 heavy (non-hydrogen) atoms. The van der Waals surface area contributed by atoms with Crippen LogP contribution in [0.1, 0.15) is 34.1 Å². The molecule has 0 fully saturated rings. The van der Waals surface area contributed by atoms with Gasteiger partial charge in [0.05, 0.1) is 12.0 Å². The maximum atomic E-state index is 12.7. The minimum Gasteiger partial charge on any atom is -0.462 e. The molecule has 3 aromatic rings. The van der Waals surface area contributed by atoms with E-state index in [0.29, 0.717) is 17.9 Å². The van der Waals surface area contributed by atoms with Crippen molar-refractivity contribution < 1.29 is 14.3 Å². The summed E-state index contributed by atoms with van der Waals surface area (Å²) in [4.78, 5) is 41.8. The highest BCUT2D eigenvalue weighted by atomic mass is 16.5. The topological polar surface area (TPSA) is 90.3 Å². The van der Waals surface area contributed by atoms with E-state index in [-0.39, 0.29) is 30.0 Å². The summed E-state index contributed by atoms with van der Waals surface area (Å²) >= 11 is 0. The minimum atomic E-state index is -0.714. The summed E-state index contributed by atoms with van der Waals surface area (Å²) in [7, 11) is 0. The summed E-state index contributed by atoms with van der Waals surface area (Å²) in [5.74, 6) is -0.970. The third-order valence-electron chi connectivity index (χ3n) is 4.48. The number of hydrogen-bond acceptors (Lipinski definition) is 5. The van der Waals surface area contributed by atoms with Crippen LogP contribution < -0.4 is 10.7 Å². The number of aryl methyl sites for hydroxylation is 2. The van der Waals surface area contributed by atoms with Gasteiger partial charge in [0.25, 0.3) is 0 Å². The Balaban J connectivity index is 1.90. The van der Waals surface area contributed by atoms with Crippen molar-refractivity contribution in [1.82, 2.24) is 14.9 Å². The second-order valence-electron chi connectivity index (χ2n) is 6.81. The fraction of sp³-hybridized carbons (Fsp3) is 0.273. The lowest BCUT2D eigenvalue weighted by molar-refractivity contribution is -0.121. The van der Waals surface area contributed by atoms with Gasteiger partial charge in [-0.3, -0.25) is 9.59 Å². The average Bonchev–Trinajstić information content (AvgIpc) is 2.69. The predicted octanol–water partition coefficient (Wildman–Crippen LogP) is 2.51. The first-order valence-electron chi connectivity index (χ1n) is 9.39. The number of ether oxygens (including phenoxy) is 1. The standard InChI is InChI=1S/C22H23N3O4/c1-4-29-22(28)18-12-25(21-17(20(18)27)10-7-15(3)24-21)13-19(26)23-11-16-8-5-14(2)6-9-16/h5-10,12H,4,11,13H2,1-3H3,(H,23,26). The predicted molar refractivity (Wildman–Crippen MR) is 110 cm³/mol. The summed E-state index contributed by atoms with van der Waals surface area (Å²) in [5, 5.41) is 3.12. The maximum absolute atomic E-state index is 12.7. The van der Waals surface area contributed by atoms with Crippen LogP contribution in [-0.4, -0.2) is 28.0 Å². The molecule has 0 saturated heterocycles. The number of carbonyl (C=O) groups is 2. The molecule has 0 aliphatic rings. The number of nitrogens with zero attached hydrogens (tertiary/aromatic N) is 2. The van der Waals surface area contributed by atoms with Gasteiger partial charge in [0.1, 0.15) is 17.8 Å². The number of nitrogens with one attached hydrogen (secondary N) is 1. The molecule has 7 heteroatoms. The molecule has 0 bridgehead atoms. The lowest BCUT2D eigenvalue weighted by atomic mass is 10.1. The Morgan fingerprint density at radius 3 is 2.52 bits per heavy atom. The van der Waals surface area contributed by atoms with E-state index in [4.69, 9.17) is 4.74 Å². The maximum Gasteiger partial charge on any atom is 0.343 e. The zero-order chi connectivity index (χ0) is 21.0. The second-order valence-corrected chi connectivity index (χ2v) is 6.81. The molecule has 0 spiro atoms. The van der Waals surface area contributed by atoms with Crippen LogP contribution in [0, 0.1) is 13.8 Å². The Hall–Kier alpha value is -3.48. The fourth-order valence-corrected chi connectivity index (χ4v) is 2.95. The van der Waals surface area contributed by atoms with Crippen LogP contribution in [-0.2, 0) is 22.6 Å². The summed E-state index contributed by atoms with van der Waals surface area (Å²) in [6.45, 7) is 5.92. The SMILES string of the molecule is CCOC(=O)c1cn(CC(=O)NCc2ccc(C)cc2)c2nc(C)ccc2c1=O. The monoisotopic (exact) mass is 393 g/mol. The second kappa shape index (κ2) is 8.68. The fourth-order valence-electron chi connectivity index (χ4n) is 2.95. The molecule has 0 unspecified atom stereocenters. The Morgan fingerprint density at radius 2 is 1.83 bits per heavy atom. The Labute approximate surface area is 168 Å². The molecule has 0 atom stereocenters. The number of benzene rings is 1. The molecular weight excluding hydrogens is 370 g/mol. The first-order valence-corrected chi connectivity index (χ1v) is 9.39. The molecule has 0 saturated carbocycles. The van der Waals surface area contributed by atoms with Gasteiger partial charge in [0.2, 0.25) is 11.3 Å². The van der Waals surface area contributed by atoms with Crippen LogP contribution in [0.4, 0.5) is 0 Å². The van der Waals surface area contributed by atoms with E-state index < -0.39 is 11.4 Å². The number of pyridine rings is 2. The van der Waals surface area contributed by atoms with Crippen LogP contribution >= 0.6 is 0 Å². The molecular formula is C22H23N3O4. The van der Waals surface area contributed by atoms with E-state index >= 15 is 0 Å². The molecule has 150 valence electrons. The lowest BCUT2D eigenvalue weighted by Gasteiger charge is -2.13. The van der Waals surface area contributed by atoms with Crippen molar-refractivity contribution in [2.24, 2.45) is 0 Å². The Morgan fingerprint density at radius 1 is 1.10 bits per heavy atom. The summed E-state index contributed by atoms with van der Waals surface area (Å²) in [6, 6.07) is 11.2. The van der Waals surface area contributed by atoms with Gasteiger partial charge in [-0.1, -0.05) is 29.8 Å². The third-order valence-corrected chi connectivity index (χ3v) is 4.48. The van der Waals surface area contributed by atoms with Crippen LogP contribution in [0.2, 0.25) is 0 Å². The minimum absolute atomic E-state index is 0.0779. The van der Waals surface area contributed by atoms with Gasteiger partial charge in [-0.15, -0.1) is 0 Å². The van der Waals surface area contributed by atoms with Gasteiger partial charge in [0, 0.05) is 18.4 Å². The zero-order valence-corrected chi connectivity index (χ0v) is 16.7. The van der Waals surface area contributed by atoms with E-state index in [1.165, 1.54) is 10.8 Å². The highest BCUT2D eigenvalue weighted by Gasteiger charge is 2.18. The Kier molecular flexibility index (Phi) is 6.07. The molecule has 2 aromatic heterocycles.